The fourth-order valence-electron chi connectivity index (χ4n) is 4.07. The second-order valence-corrected chi connectivity index (χ2v) is 9.15. The molecule has 0 radical (unpaired) electrons. The van der Waals surface area contributed by atoms with E-state index < -0.39 is 16.1 Å². The van der Waals surface area contributed by atoms with Crippen LogP contribution in [0.25, 0.3) is 11.0 Å². The Morgan fingerprint density at radius 3 is 2.56 bits per heavy atom. The Kier molecular flexibility index (Phi) is 5.50. The molecule has 1 aliphatic heterocycles. The lowest BCUT2D eigenvalue weighted by atomic mass is 9.96. The number of benzene rings is 2. The minimum absolute atomic E-state index is 0.0417. The number of aromatic nitrogens is 2. The van der Waals surface area contributed by atoms with Crippen molar-refractivity contribution in [1.29, 1.82) is 0 Å². The van der Waals surface area contributed by atoms with Crippen molar-refractivity contribution in [3.63, 3.8) is 0 Å². The zero-order chi connectivity index (χ0) is 23.9. The third-order valence-corrected chi connectivity index (χ3v) is 7.00. The molecule has 0 fully saturated rings. The molecule has 0 amide bonds. The minimum atomic E-state index is -4.18. The van der Waals surface area contributed by atoms with Crippen LogP contribution in [0.2, 0.25) is 0 Å². The largest absolute Gasteiger partial charge is 0.495 e. The molecule has 0 aliphatic carbocycles. The van der Waals surface area contributed by atoms with Crippen LogP contribution >= 0.6 is 0 Å². The van der Waals surface area contributed by atoms with Crippen LogP contribution in [0.3, 0.4) is 0 Å². The number of nitrogens with zero attached hydrogens (tertiary/aromatic N) is 2. The van der Waals surface area contributed by atoms with Gasteiger partial charge < -0.3 is 23.8 Å². The van der Waals surface area contributed by atoms with Crippen LogP contribution in [-0.4, -0.2) is 44.5 Å². The molecule has 176 valence electrons. The number of hydrogen-bond donors (Lipinski definition) is 2. The zero-order valence-electron chi connectivity index (χ0n) is 18.3. The lowest BCUT2D eigenvalue weighted by Gasteiger charge is -2.15. The van der Waals surface area contributed by atoms with Crippen molar-refractivity contribution in [3.05, 3.63) is 65.5 Å². The van der Waals surface area contributed by atoms with Crippen LogP contribution < -0.4 is 18.9 Å². The molecule has 0 saturated heterocycles. The summed E-state index contributed by atoms with van der Waals surface area (Å²) in [6.45, 7) is 0.369. The van der Waals surface area contributed by atoms with E-state index in [1.165, 1.54) is 26.4 Å². The molecule has 3 heterocycles. The Bertz CT molecular complexity index is 1450. The molecule has 0 spiro atoms. The number of methoxy groups -OCH3 is 2. The Morgan fingerprint density at radius 1 is 1.12 bits per heavy atom. The molecule has 2 aromatic carbocycles. The number of rotatable bonds is 7. The van der Waals surface area contributed by atoms with Gasteiger partial charge in [-0.15, -0.1) is 0 Å². The number of pyridine rings is 1. The number of nitrogens with one attached hydrogen (secondary N) is 1. The molecule has 4 aromatic rings. The van der Waals surface area contributed by atoms with E-state index in [9.17, 15) is 13.5 Å². The summed E-state index contributed by atoms with van der Waals surface area (Å²) < 4.78 is 50.9. The van der Waals surface area contributed by atoms with Crippen LogP contribution in [0.1, 0.15) is 22.9 Å². The van der Waals surface area contributed by atoms with Crippen LogP contribution in [-0.2, 0) is 16.4 Å². The summed E-state index contributed by atoms with van der Waals surface area (Å²) in [6, 6.07) is 11.6. The maximum absolute atomic E-state index is 13.3. The second-order valence-electron chi connectivity index (χ2n) is 7.53. The highest BCUT2D eigenvalue weighted by atomic mass is 32.2. The summed E-state index contributed by atoms with van der Waals surface area (Å²) in [5.41, 5.74) is 2.04. The third kappa shape index (κ3) is 3.58. The van der Waals surface area contributed by atoms with Gasteiger partial charge in [-0.25, -0.2) is 8.42 Å². The molecule has 0 bridgehead atoms. The number of anilines is 1. The smallest absolute Gasteiger partial charge is 0.270 e. The van der Waals surface area contributed by atoms with Crippen molar-refractivity contribution in [1.82, 2.24) is 10.1 Å². The molecule has 1 unspecified atom stereocenters. The van der Waals surface area contributed by atoms with Crippen LogP contribution in [0.15, 0.2) is 58.1 Å². The van der Waals surface area contributed by atoms with E-state index >= 15 is 0 Å². The van der Waals surface area contributed by atoms with Gasteiger partial charge in [-0.1, -0.05) is 17.3 Å². The quantitative estimate of drug-likeness (QED) is 0.407. The Balaban J connectivity index is 1.61. The van der Waals surface area contributed by atoms with Gasteiger partial charge in [-0.3, -0.25) is 9.71 Å². The summed E-state index contributed by atoms with van der Waals surface area (Å²) in [6.07, 6.45) is 1.12. The lowest BCUT2D eigenvalue weighted by molar-refractivity contribution is 0.214. The number of ether oxygens (including phenoxy) is 3. The highest BCUT2D eigenvalue weighted by Crippen LogP contribution is 2.44. The molecule has 10 nitrogen and oxygen atoms in total. The first-order valence-electron chi connectivity index (χ1n) is 10.4. The van der Waals surface area contributed by atoms with E-state index in [0.29, 0.717) is 35.4 Å². The van der Waals surface area contributed by atoms with Crippen molar-refractivity contribution < 1.29 is 32.3 Å². The van der Waals surface area contributed by atoms with E-state index in [4.69, 9.17) is 18.7 Å². The highest BCUT2D eigenvalue weighted by Gasteiger charge is 2.32. The summed E-state index contributed by atoms with van der Waals surface area (Å²) in [5.74, 6) is 0.595. The van der Waals surface area contributed by atoms with E-state index in [1.54, 1.807) is 36.5 Å². The van der Waals surface area contributed by atoms with Gasteiger partial charge in [0.25, 0.3) is 10.0 Å². The van der Waals surface area contributed by atoms with Crippen molar-refractivity contribution in [2.75, 3.05) is 25.5 Å². The summed E-state index contributed by atoms with van der Waals surface area (Å²) in [5, 5.41) is 15.3. The Hall–Kier alpha value is -3.83. The molecule has 2 aromatic heterocycles. The van der Waals surface area contributed by atoms with E-state index in [2.05, 4.69) is 14.9 Å². The Labute approximate surface area is 195 Å². The molecule has 34 heavy (non-hydrogen) atoms. The third-order valence-electron chi connectivity index (χ3n) is 5.60. The van der Waals surface area contributed by atoms with Crippen LogP contribution in [0, 0.1) is 0 Å². The number of hydrogen-bond acceptors (Lipinski definition) is 9. The van der Waals surface area contributed by atoms with Crippen LogP contribution in [0.4, 0.5) is 5.82 Å². The fraction of sp³-hybridized carbons (Fsp3) is 0.217. The van der Waals surface area contributed by atoms with Gasteiger partial charge in [0.15, 0.2) is 16.3 Å². The van der Waals surface area contributed by atoms with Gasteiger partial charge in [-0.05, 0) is 35.9 Å². The van der Waals surface area contributed by atoms with Crippen molar-refractivity contribution in [2.24, 2.45) is 0 Å². The average molecular weight is 484 g/mol. The summed E-state index contributed by atoms with van der Waals surface area (Å²) >= 11 is 0. The standard InChI is InChI=1S/C23H21N3O7S/c1-30-16-7-5-8-17(31-2)22(16)34(28,29)26-23-19-18(33-25-23)12-14(13-9-11-32-21(13)19)20(27)15-6-3-4-10-24-15/h3-8,10,12,20,27H,9,11H2,1-2H3,(H,25,26). The predicted octanol–water partition coefficient (Wildman–Crippen LogP) is 3.06. The van der Waals surface area contributed by atoms with Gasteiger partial charge in [-0.2, -0.15) is 0 Å². The fourth-order valence-corrected chi connectivity index (χ4v) is 5.40. The summed E-state index contributed by atoms with van der Waals surface area (Å²) in [4.78, 5) is 4.06. The topological polar surface area (TPSA) is 133 Å². The van der Waals surface area contributed by atoms with Crippen molar-refractivity contribution in [2.45, 2.75) is 17.4 Å². The monoisotopic (exact) mass is 483 g/mol. The van der Waals surface area contributed by atoms with E-state index in [-0.39, 0.29) is 27.8 Å². The number of aliphatic hydroxyl groups is 1. The predicted molar refractivity (Wildman–Crippen MR) is 122 cm³/mol. The molecule has 1 aliphatic rings. The maximum atomic E-state index is 13.3. The zero-order valence-corrected chi connectivity index (χ0v) is 19.1. The molecular formula is C23H21N3O7S. The SMILES string of the molecule is COc1cccc(OC)c1S(=O)(=O)Nc1noc2cc(C(O)c3ccccn3)c3c(c12)OCC3. The van der Waals surface area contributed by atoms with Crippen LogP contribution in [0.5, 0.6) is 17.2 Å². The summed E-state index contributed by atoms with van der Waals surface area (Å²) in [7, 11) is -1.45. The lowest BCUT2D eigenvalue weighted by Crippen LogP contribution is -2.15. The molecule has 1 atom stereocenters. The van der Waals surface area contributed by atoms with E-state index in [1.807, 2.05) is 0 Å². The molecule has 0 saturated carbocycles. The molecule has 2 N–H and O–H groups in total. The van der Waals surface area contributed by atoms with Gasteiger partial charge >= 0.3 is 0 Å². The first-order valence-corrected chi connectivity index (χ1v) is 11.8. The van der Waals surface area contributed by atoms with Crippen molar-refractivity contribution >= 4 is 26.8 Å². The minimum Gasteiger partial charge on any atom is -0.495 e. The van der Waals surface area contributed by atoms with Crippen molar-refractivity contribution in [3.8, 4) is 17.2 Å². The number of aliphatic hydroxyl groups excluding tert-OH is 1. The highest BCUT2D eigenvalue weighted by molar-refractivity contribution is 7.93. The number of sulfonamides is 1. The van der Waals surface area contributed by atoms with Gasteiger partial charge in [0.05, 0.1) is 26.5 Å². The molecule has 5 rings (SSSR count). The second kappa shape index (κ2) is 8.50. The molecule has 11 heteroatoms. The van der Waals surface area contributed by atoms with Gasteiger partial charge in [0.1, 0.15) is 28.7 Å². The normalized spacial score (nSPS) is 13.9. The van der Waals surface area contributed by atoms with Gasteiger partial charge in [0, 0.05) is 18.2 Å². The molecular weight excluding hydrogens is 462 g/mol. The Morgan fingerprint density at radius 2 is 1.88 bits per heavy atom. The van der Waals surface area contributed by atoms with Gasteiger partial charge in [0.2, 0.25) is 0 Å². The first-order chi connectivity index (χ1) is 16.4. The number of fused-ring (bicyclic) bond motifs is 3. The maximum Gasteiger partial charge on any atom is 0.270 e. The first kappa shape index (κ1) is 22.0. The average Bonchev–Trinajstić information content (AvgIpc) is 3.49. The van der Waals surface area contributed by atoms with E-state index in [0.717, 1.165) is 5.56 Å².